The molecule has 0 aromatic heterocycles. The molecule has 0 aromatic carbocycles. The molecule has 0 amide bonds. The van der Waals surface area contributed by atoms with E-state index in [0.29, 0.717) is 38.5 Å². The number of rotatable bonds is 62. The second-order valence-corrected chi connectivity index (χ2v) is 23.4. The van der Waals surface area contributed by atoms with Crippen molar-refractivity contribution >= 4 is 23.9 Å². The zero-order valence-electron chi connectivity index (χ0n) is 52.1. The van der Waals surface area contributed by atoms with Gasteiger partial charge in [0.15, 0.2) is 0 Å². The van der Waals surface area contributed by atoms with Gasteiger partial charge in [0.1, 0.15) is 12.2 Å². The van der Waals surface area contributed by atoms with Gasteiger partial charge >= 0.3 is 31.4 Å². The maximum Gasteiger partial charge on any atom is 2.00 e. The number of carbonyl (C=O) groups excluding carboxylic acids is 4. The minimum atomic E-state index is -1.02. The summed E-state index contributed by atoms with van der Waals surface area (Å²) in [5, 5.41) is 21.6. The van der Waals surface area contributed by atoms with Gasteiger partial charge in [-0.15, -0.1) is 0 Å². The van der Waals surface area contributed by atoms with Crippen LogP contribution < -0.4 is 10.2 Å². The largest absolute Gasteiger partial charge is 2.00 e. The van der Waals surface area contributed by atoms with Crippen molar-refractivity contribution in [2.45, 2.75) is 412 Å². The Hall–Kier alpha value is -1.50. The second kappa shape index (κ2) is 68.8. The van der Waals surface area contributed by atoms with Crippen molar-refractivity contribution in [2.24, 2.45) is 0 Å². The van der Waals surface area contributed by atoms with E-state index in [0.717, 1.165) is 51.4 Å². The molecule has 0 radical (unpaired) electrons. The predicted molar refractivity (Wildman–Crippen MR) is 320 cm³/mol. The van der Waals surface area contributed by atoms with Gasteiger partial charge in [-0.05, 0) is 77.0 Å². The van der Waals surface area contributed by atoms with Crippen LogP contribution in [0.2, 0.25) is 0 Å². The summed E-state index contributed by atoms with van der Waals surface area (Å²) in [6.45, 7) is 9.05. The fourth-order valence-corrected chi connectivity index (χ4v) is 10.6. The predicted octanol–water partition coefficient (Wildman–Crippen LogP) is 20.0. The molecule has 0 aromatic rings. The molecule has 0 fully saturated rings. The number of hydrogen-bond acceptors (Lipinski definition) is 8. The van der Waals surface area contributed by atoms with Gasteiger partial charge in [0, 0.05) is 24.8 Å². The van der Waals surface area contributed by atoms with Gasteiger partial charge in [-0.3, -0.25) is 9.59 Å². The molecular weight excluding hydrogens is 1010 g/mol. The van der Waals surface area contributed by atoms with E-state index in [-0.39, 0.29) is 56.5 Å². The molecule has 9 heteroatoms. The van der Waals surface area contributed by atoms with Crippen LogP contribution in [0.3, 0.4) is 0 Å². The Morgan fingerprint density at radius 2 is 0.416 bits per heavy atom. The van der Waals surface area contributed by atoms with Crippen LogP contribution in [0, 0.1) is 0 Å². The van der Waals surface area contributed by atoms with E-state index in [2.05, 4.69) is 27.7 Å². The molecule has 0 saturated heterocycles. The van der Waals surface area contributed by atoms with Crippen molar-refractivity contribution in [1.82, 2.24) is 0 Å². The number of unbranched alkanes of at least 4 members (excludes halogenated alkanes) is 44. The maximum absolute atomic E-state index is 12.4. The Kier molecular flexibility index (Phi) is 71.2. The van der Waals surface area contributed by atoms with Crippen LogP contribution in [0.4, 0.5) is 0 Å². The Morgan fingerprint density at radius 1 is 0.247 bits per heavy atom. The van der Waals surface area contributed by atoms with Gasteiger partial charge in [-0.25, -0.2) is 0 Å². The first-order chi connectivity index (χ1) is 37.2. The second-order valence-electron chi connectivity index (χ2n) is 23.4. The quantitative estimate of drug-likeness (QED) is 0.0334. The summed E-state index contributed by atoms with van der Waals surface area (Å²) >= 11 is 0. The van der Waals surface area contributed by atoms with Crippen LogP contribution >= 0.6 is 0 Å². The van der Waals surface area contributed by atoms with Crippen molar-refractivity contribution in [2.75, 3.05) is 0 Å². The van der Waals surface area contributed by atoms with Gasteiger partial charge in [0.2, 0.25) is 0 Å². The Bertz CT molecular complexity index is 1110. The van der Waals surface area contributed by atoms with E-state index in [1.807, 2.05) is 0 Å². The normalized spacial score (nSPS) is 11.9. The molecule has 0 aliphatic heterocycles. The average molecular weight is 1140 g/mol. The van der Waals surface area contributed by atoms with Gasteiger partial charge in [-0.2, -0.15) is 0 Å². The molecule has 0 heterocycles. The topological polar surface area (TPSA) is 133 Å². The molecule has 0 saturated carbocycles. The monoisotopic (exact) mass is 1140 g/mol. The van der Waals surface area contributed by atoms with Crippen molar-refractivity contribution in [3.8, 4) is 0 Å². The molecule has 8 nitrogen and oxygen atoms in total. The number of ether oxygens (including phenoxy) is 2. The molecule has 2 atom stereocenters. The summed E-state index contributed by atoms with van der Waals surface area (Å²) in [6, 6.07) is 0. The van der Waals surface area contributed by atoms with E-state index in [9.17, 15) is 29.4 Å². The third-order valence-corrected chi connectivity index (χ3v) is 15.6. The first kappa shape index (κ1) is 79.7. The van der Waals surface area contributed by atoms with Crippen molar-refractivity contribution in [3.63, 3.8) is 0 Å². The molecule has 0 aliphatic carbocycles. The summed E-state index contributed by atoms with van der Waals surface area (Å²) in [7, 11) is 0. The molecule has 0 rings (SSSR count). The molecule has 0 N–H and O–H groups in total. The Morgan fingerprint density at radius 3 is 0.610 bits per heavy atom. The van der Waals surface area contributed by atoms with Crippen molar-refractivity contribution < 1.29 is 58.3 Å². The van der Waals surface area contributed by atoms with Crippen molar-refractivity contribution in [3.05, 3.63) is 0 Å². The fraction of sp³-hybridized carbons (Fsp3) is 0.941. The van der Waals surface area contributed by atoms with E-state index >= 15 is 0 Å². The molecule has 0 bridgehead atoms. The summed E-state index contributed by atoms with van der Waals surface area (Å²) < 4.78 is 11.6. The summed E-state index contributed by atoms with van der Waals surface area (Å²) in [6.07, 6.45) is 67.0. The van der Waals surface area contributed by atoms with Gasteiger partial charge in [0.05, 0.1) is 0 Å². The molecule has 0 aliphatic rings. The number of carbonyl (C=O) groups is 4. The SMILES string of the molecule is CCCCCCCCCCCCCCCC(=O)OC(CCCCCCCCCCCCC)CCCC(=O)[O-].CCCCCCCCCCCCCCCC(=O)OC(CCCCCCCCCCCCC)CCCC(=O)[O-].[Zn+2]. The zero-order valence-corrected chi connectivity index (χ0v) is 55.1. The Balaban J connectivity index is -0.00000140. The number of carboxylic acid groups (broad SMARTS) is 2. The van der Waals surface area contributed by atoms with Crippen LogP contribution in [0.15, 0.2) is 0 Å². The molecule has 0 spiro atoms. The van der Waals surface area contributed by atoms with E-state index < -0.39 is 11.9 Å². The summed E-state index contributed by atoms with van der Waals surface area (Å²) in [5.41, 5.74) is 0. The third kappa shape index (κ3) is 70.6. The standard InChI is InChI=1S/2C34H66O4.Zn/c2*1-3-5-7-9-11-13-15-16-18-20-22-24-26-31-34(37)38-32(29-27-30-33(35)36)28-25-23-21-19-17-14-12-10-8-6-4-2;/h2*32H,3-31H2,1-2H3,(H,35,36);/q;;+2/p-2. The number of hydrogen-bond donors (Lipinski definition) is 0. The van der Waals surface area contributed by atoms with E-state index in [1.54, 1.807) is 0 Å². The van der Waals surface area contributed by atoms with Crippen LogP contribution in [0.25, 0.3) is 0 Å². The molecular formula is C68H130O8Zn. The van der Waals surface area contributed by atoms with Crippen LogP contribution in [0.5, 0.6) is 0 Å². The fourth-order valence-electron chi connectivity index (χ4n) is 10.6. The van der Waals surface area contributed by atoms with Gasteiger partial charge in [0.25, 0.3) is 0 Å². The van der Waals surface area contributed by atoms with E-state index in [1.165, 1.54) is 270 Å². The molecule has 77 heavy (non-hydrogen) atoms. The first-order valence-corrected chi connectivity index (χ1v) is 34.0. The molecule has 2 unspecified atom stereocenters. The summed E-state index contributed by atoms with van der Waals surface area (Å²) in [4.78, 5) is 46.4. The third-order valence-electron chi connectivity index (χ3n) is 15.6. The summed E-state index contributed by atoms with van der Waals surface area (Å²) in [5.74, 6) is -2.24. The van der Waals surface area contributed by atoms with Gasteiger partial charge in [-0.1, -0.05) is 310 Å². The average Bonchev–Trinajstić information content (AvgIpc) is 3.39. The van der Waals surface area contributed by atoms with E-state index in [4.69, 9.17) is 9.47 Å². The van der Waals surface area contributed by atoms with Gasteiger partial charge < -0.3 is 29.3 Å². The van der Waals surface area contributed by atoms with Crippen LogP contribution in [0.1, 0.15) is 400 Å². The molecule has 452 valence electrons. The van der Waals surface area contributed by atoms with Crippen LogP contribution in [-0.4, -0.2) is 36.1 Å². The van der Waals surface area contributed by atoms with Crippen LogP contribution in [-0.2, 0) is 48.1 Å². The minimum absolute atomic E-state index is 0. The smallest absolute Gasteiger partial charge is 0.550 e. The minimum Gasteiger partial charge on any atom is -0.550 e. The number of carboxylic acids is 2. The maximum atomic E-state index is 12.4. The van der Waals surface area contributed by atoms with Crippen molar-refractivity contribution in [1.29, 1.82) is 0 Å². The Labute approximate surface area is 492 Å². The number of aliphatic carboxylic acids is 2. The number of esters is 2. The first-order valence-electron chi connectivity index (χ1n) is 34.0. The zero-order chi connectivity index (χ0) is 55.9.